The number of hydrogen-bond acceptors (Lipinski definition) is 5. The summed E-state index contributed by atoms with van der Waals surface area (Å²) >= 11 is 0. The molecule has 1 saturated heterocycles. The minimum absolute atomic E-state index is 0.150. The maximum absolute atomic E-state index is 14.5. The lowest BCUT2D eigenvalue weighted by Gasteiger charge is -2.41. The summed E-state index contributed by atoms with van der Waals surface area (Å²) in [5.74, 6) is 0.0215. The molecule has 3 rings (SSSR count). The number of aromatic nitrogens is 2. The van der Waals surface area contributed by atoms with E-state index in [1.54, 1.807) is 6.20 Å². The van der Waals surface area contributed by atoms with Crippen LogP contribution < -0.4 is 4.90 Å². The van der Waals surface area contributed by atoms with Crippen LogP contribution in [0, 0.1) is 23.1 Å². The Morgan fingerprint density at radius 3 is 2.78 bits per heavy atom. The highest BCUT2D eigenvalue weighted by atomic mass is 19.1. The number of piperazine rings is 1. The number of halogens is 1. The number of anilines is 1. The van der Waals surface area contributed by atoms with Crippen molar-refractivity contribution in [1.29, 1.82) is 5.26 Å². The van der Waals surface area contributed by atoms with E-state index in [4.69, 9.17) is 0 Å². The van der Waals surface area contributed by atoms with E-state index in [0.717, 1.165) is 49.5 Å². The molecule has 0 saturated carbocycles. The number of hydrogen-bond donors (Lipinski definition) is 0. The summed E-state index contributed by atoms with van der Waals surface area (Å²) in [4.78, 5) is 4.49. The lowest BCUT2D eigenvalue weighted by atomic mass is 9.99. The van der Waals surface area contributed by atoms with Gasteiger partial charge in [0.25, 0.3) is 0 Å². The van der Waals surface area contributed by atoms with Crippen LogP contribution in [0.1, 0.15) is 37.6 Å². The second-order valence-electron chi connectivity index (χ2n) is 7.66. The molecule has 6 heteroatoms. The van der Waals surface area contributed by atoms with Crippen LogP contribution in [0.2, 0.25) is 0 Å². The highest BCUT2D eigenvalue weighted by molar-refractivity contribution is 5.62. The van der Waals surface area contributed by atoms with Crippen LogP contribution in [-0.4, -0.2) is 40.8 Å². The predicted molar refractivity (Wildman–Crippen MR) is 104 cm³/mol. The number of benzene rings is 1. The first-order valence-corrected chi connectivity index (χ1v) is 9.46. The number of nitrogens with zero attached hydrogens (tertiary/aromatic N) is 5. The maximum Gasteiger partial charge on any atom is 0.143 e. The normalized spacial score (nSPS) is 17.9. The van der Waals surface area contributed by atoms with Crippen LogP contribution >= 0.6 is 0 Å². The monoisotopic (exact) mass is 367 g/mol. The van der Waals surface area contributed by atoms with Crippen molar-refractivity contribution in [3.8, 4) is 6.07 Å². The molecular weight excluding hydrogens is 341 g/mol. The van der Waals surface area contributed by atoms with Crippen molar-refractivity contribution in [1.82, 2.24) is 15.1 Å². The Balaban J connectivity index is 1.78. The molecule has 27 heavy (non-hydrogen) atoms. The largest absolute Gasteiger partial charge is 0.368 e. The van der Waals surface area contributed by atoms with Gasteiger partial charge in [-0.2, -0.15) is 15.5 Å². The second-order valence-corrected chi connectivity index (χ2v) is 7.66. The van der Waals surface area contributed by atoms with Gasteiger partial charge in [0.05, 0.1) is 11.4 Å². The molecule has 1 aromatic carbocycles. The third kappa shape index (κ3) is 4.61. The Hall–Kier alpha value is -2.52. The van der Waals surface area contributed by atoms with Crippen LogP contribution in [0.5, 0.6) is 0 Å². The summed E-state index contributed by atoms with van der Waals surface area (Å²) in [5, 5.41) is 17.6. The summed E-state index contributed by atoms with van der Waals surface area (Å²) in [5.41, 5.74) is 2.77. The molecule has 1 aromatic heterocycles. The topological polar surface area (TPSA) is 56.1 Å². The van der Waals surface area contributed by atoms with Crippen molar-refractivity contribution in [2.45, 2.75) is 39.8 Å². The zero-order valence-electron chi connectivity index (χ0n) is 16.2. The average Bonchev–Trinajstić information content (AvgIpc) is 2.63. The third-order valence-electron chi connectivity index (χ3n) is 4.98. The Labute approximate surface area is 160 Å². The summed E-state index contributed by atoms with van der Waals surface area (Å²) in [6.45, 7) is 9.47. The van der Waals surface area contributed by atoms with Crippen LogP contribution in [-0.2, 0) is 13.0 Å². The highest BCUT2D eigenvalue weighted by Gasteiger charge is 2.27. The smallest absolute Gasteiger partial charge is 0.143 e. The first-order chi connectivity index (χ1) is 13.0. The standard InChI is InChI=1S/C21H26FN5/c1-15(2)9-17-10-20(22)19(12-23)21(11-17)27-8-7-26(16(3)13-27)14-18-5-4-6-24-25-18/h4-6,10-11,15-16H,7-9,13-14H2,1-3H3/t16-/m0/s1. The zero-order chi connectivity index (χ0) is 19.4. The summed E-state index contributed by atoms with van der Waals surface area (Å²) < 4.78 is 14.5. The van der Waals surface area contributed by atoms with E-state index in [-0.39, 0.29) is 11.6 Å². The van der Waals surface area contributed by atoms with E-state index in [0.29, 0.717) is 5.92 Å². The molecule has 0 unspecified atom stereocenters. The molecule has 1 aliphatic heterocycles. The van der Waals surface area contributed by atoms with Gasteiger partial charge in [-0.3, -0.25) is 4.90 Å². The zero-order valence-corrected chi connectivity index (χ0v) is 16.2. The van der Waals surface area contributed by atoms with Crippen molar-refractivity contribution >= 4 is 5.69 Å². The molecule has 0 radical (unpaired) electrons. The molecule has 0 aliphatic carbocycles. The van der Waals surface area contributed by atoms with Gasteiger partial charge in [0, 0.05) is 38.4 Å². The fourth-order valence-corrected chi connectivity index (χ4v) is 3.67. The van der Waals surface area contributed by atoms with Crippen molar-refractivity contribution in [2.24, 2.45) is 5.92 Å². The van der Waals surface area contributed by atoms with E-state index >= 15 is 0 Å². The minimum atomic E-state index is -0.416. The molecule has 2 aromatic rings. The van der Waals surface area contributed by atoms with Gasteiger partial charge >= 0.3 is 0 Å². The van der Waals surface area contributed by atoms with Gasteiger partial charge in [-0.05, 0) is 49.1 Å². The van der Waals surface area contributed by atoms with Crippen molar-refractivity contribution in [3.05, 3.63) is 53.1 Å². The van der Waals surface area contributed by atoms with Gasteiger partial charge in [0.15, 0.2) is 0 Å². The summed E-state index contributed by atoms with van der Waals surface area (Å²) in [7, 11) is 0. The lowest BCUT2D eigenvalue weighted by Crippen LogP contribution is -2.51. The van der Waals surface area contributed by atoms with E-state index in [1.165, 1.54) is 6.07 Å². The van der Waals surface area contributed by atoms with Gasteiger partial charge < -0.3 is 4.90 Å². The third-order valence-corrected chi connectivity index (χ3v) is 4.98. The SMILES string of the molecule is CC(C)Cc1cc(F)c(C#N)c(N2CCN(Cc3cccnn3)[C@@H](C)C2)c1. The molecular formula is C21H26FN5. The fraction of sp³-hybridized carbons (Fsp3) is 0.476. The van der Waals surface area contributed by atoms with E-state index in [2.05, 4.69) is 46.8 Å². The molecule has 1 aliphatic rings. The molecule has 0 bridgehead atoms. The maximum atomic E-state index is 14.5. The Morgan fingerprint density at radius 1 is 1.33 bits per heavy atom. The Kier molecular flexibility index (Phi) is 6.02. The van der Waals surface area contributed by atoms with Gasteiger partial charge in [-0.15, -0.1) is 0 Å². The summed E-state index contributed by atoms with van der Waals surface area (Å²) in [6, 6.07) is 9.70. The molecule has 2 heterocycles. The lowest BCUT2D eigenvalue weighted by molar-refractivity contribution is 0.178. The number of nitriles is 1. The van der Waals surface area contributed by atoms with Crippen molar-refractivity contribution < 1.29 is 4.39 Å². The molecule has 1 atom stereocenters. The molecule has 0 N–H and O–H groups in total. The molecule has 0 spiro atoms. The molecule has 0 amide bonds. The van der Waals surface area contributed by atoms with E-state index < -0.39 is 5.82 Å². The first-order valence-electron chi connectivity index (χ1n) is 9.46. The van der Waals surface area contributed by atoms with Crippen molar-refractivity contribution in [3.63, 3.8) is 0 Å². The number of rotatable bonds is 5. The minimum Gasteiger partial charge on any atom is -0.368 e. The molecule has 5 nitrogen and oxygen atoms in total. The van der Waals surface area contributed by atoms with Crippen LogP contribution in [0.4, 0.5) is 10.1 Å². The molecule has 142 valence electrons. The van der Waals surface area contributed by atoms with Crippen LogP contribution in [0.3, 0.4) is 0 Å². The van der Waals surface area contributed by atoms with Gasteiger partial charge in [0.1, 0.15) is 17.4 Å². The van der Waals surface area contributed by atoms with Gasteiger partial charge in [-0.25, -0.2) is 4.39 Å². The van der Waals surface area contributed by atoms with Crippen LogP contribution in [0.25, 0.3) is 0 Å². The first kappa shape index (κ1) is 19.2. The predicted octanol–water partition coefficient (Wildman–Crippen LogP) is 3.40. The van der Waals surface area contributed by atoms with Gasteiger partial charge in [-0.1, -0.05) is 13.8 Å². The van der Waals surface area contributed by atoms with Crippen LogP contribution in [0.15, 0.2) is 30.5 Å². The van der Waals surface area contributed by atoms with E-state index in [9.17, 15) is 9.65 Å². The average molecular weight is 367 g/mol. The Bertz CT molecular complexity index is 815. The Morgan fingerprint density at radius 2 is 2.15 bits per heavy atom. The van der Waals surface area contributed by atoms with Gasteiger partial charge in [0.2, 0.25) is 0 Å². The molecule has 1 fully saturated rings. The fourth-order valence-electron chi connectivity index (χ4n) is 3.67. The summed E-state index contributed by atoms with van der Waals surface area (Å²) in [6.07, 6.45) is 2.48. The van der Waals surface area contributed by atoms with Crippen molar-refractivity contribution in [2.75, 3.05) is 24.5 Å². The quantitative estimate of drug-likeness (QED) is 0.811. The highest BCUT2D eigenvalue weighted by Crippen LogP contribution is 2.28. The van der Waals surface area contributed by atoms with E-state index in [1.807, 2.05) is 18.2 Å². The second kappa shape index (κ2) is 8.45.